The Kier molecular flexibility index (Phi) is 5.13. The van der Waals surface area contributed by atoms with E-state index in [0.717, 1.165) is 35.0 Å². The van der Waals surface area contributed by atoms with Gasteiger partial charge in [-0.15, -0.1) is 11.8 Å². The number of nitrogens with one attached hydrogen (secondary N) is 2. The Hall–Kier alpha value is -2.39. The third-order valence-corrected chi connectivity index (χ3v) is 5.66. The molecule has 140 valence electrons. The minimum absolute atomic E-state index is 0.136. The van der Waals surface area contributed by atoms with E-state index < -0.39 is 0 Å². The van der Waals surface area contributed by atoms with Gasteiger partial charge in [-0.1, -0.05) is 17.3 Å². The van der Waals surface area contributed by atoms with Crippen LogP contribution >= 0.6 is 24.0 Å². The molecule has 2 aromatic heterocycles. The molecule has 7 nitrogen and oxygen atoms in total. The van der Waals surface area contributed by atoms with E-state index in [1.807, 2.05) is 41.8 Å². The summed E-state index contributed by atoms with van der Waals surface area (Å²) in [6, 6.07) is 9.85. The highest BCUT2D eigenvalue weighted by Crippen LogP contribution is 2.35. The molecule has 1 fully saturated rings. The number of aromatic amines is 1. The molecule has 0 bridgehead atoms. The molecule has 0 spiro atoms. The number of aryl methyl sites for hydroxylation is 1. The third kappa shape index (κ3) is 4.14. The lowest BCUT2D eigenvalue weighted by Crippen LogP contribution is -2.25. The van der Waals surface area contributed by atoms with E-state index in [-0.39, 0.29) is 5.91 Å². The average Bonchev–Trinajstić information content (AvgIpc) is 3.31. The highest BCUT2D eigenvalue weighted by atomic mass is 32.2. The summed E-state index contributed by atoms with van der Waals surface area (Å²) in [5, 5.41) is 13.9. The predicted octanol–water partition coefficient (Wildman–Crippen LogP) is 3.79. The van der Waals surface area contributed by atoms with Gasteiger partial charge in [-0.3, -0.25) is 14.5 Å². The van der Waals surface area contributed by atoms with Crippen LogP contribution in [0, 0.1) is 11.7 Å². The fourth-order valence-corrected chi connectivity index (χ4v) is 4.06. The molecule has 1 aromatic carbocycles. The number of benzene rings is 1. The van der Waals surface area contributed by atoms with Crippen molar-refractivity contribution in [3.8, 4) is 0 Å². The van der Waals surface area contributed by atoms with Gasteiger partial charge in [0.05, 0.1) is 23.6 Å². The maximum absolute atomic E-state index is 12.7. The lowest BCUT2D eigenvalue weighted by molar-refractivity contribution is 0.0946. The number of rotatable bonds is 7. The van der Waals surface area contributed by atoms with E-state index in [4.69, 9.17) is 16.7 Å². The van der Waals surface area contributed by atoms with E-state index in [9.17, 15) is 4.79 Å². The molecule has 1 aliphatic rings. The molecule has 0 atom stereocenters. The van der Waals surface area contributed by atoms with Gasteiger partial charge in [0.15, 0.2) is 10.6 Å². The van der Waals surface area contributed by atoms with Crippen LogP contribution in [0.25, 0.3) is 0 Å². The topological polar surface area (TPSA) is 88.7 Å². The molecule has 0 unspecified atom stereocenters. The summed E-state index contributed by atoms with van der Waals surface area (Å²) in [7, 11) is 0. The van der Waals surface area contributed by atoms with Crippen molar-refractivity contribution >= 4 is 29.9 Å². The summed E-state index contributed by atoms with van der Waals surface area (Å²) < 4.78 is 7.85. The van der Waals surface area contributed by atoms with Crippen molar-refractivity contribution in [2.45, 2.75) is 43.0 Å². The molecule has 0 saturated heterocycles. The second-order valence-electron chi connectivity index (χ2n) is 6.45. The van der Waals surface area contributed by atoms with Crippen molar-refractivity contribution in [3.63, 3.8) is 0 Å². The molecule has 2 N–H and O–H groups in total. The first-order valence-electron chi connectivity index (χ1n) is 8.70. The van der Waals surface area contributed by atoms with Gasteiger partial charge in [-0.2, -0.15) is 5.10 Å². The second-order valence-corrected chi connectivity index (χ2v) is 7.85. The normalized spacial score (nSPS) is 13.7. The van der Waals surface area contributed by atoms with Crippen LogP contribution in [0.15, 0.2) is 39.8 Å². The Morgan fingerprint density at radius 3 is 3.00 bits per heavy atom. The van der Waals surface area contributed by atoms with Gasteiger partial charge < -0.3 is 9.84 Å². The molecule has 2 heterocycles. The number of carbonyl (C=O) groups is 1. The fraction of sp³-hybridized carbons (Fsp3) is 0.333. The zero-order valence-corrected chi connectivity index (χ0v) is 16.4. The molecule has 0 aliphatic heterocycles. The maximum Gasteiger partial charge on any atom is 0.252 e. The number of nitrogens with zero attached hydrogens (tertiary/aromatic N) is 3. The first-order valence-corrected chi connectivity index (χ1v) is 10.1. The van der Waals surface area contributed by atoms with E-state index in [1.165, 1.54) is 0 Å². The summed E-state index contributed by atoms with van der Waals surface area (Å²) in [5.41, 5.74) is 1.48. The van der Waals surface area contributed by atoms with Gasteiger partial charge >= 0.3 is 0 Å². The van der Waals surface area contributed by atoms with E-state index >= 15 is 0 Å². The quantitative estimate of drug-likeness (QED) is 0.462. The Morgan fingerprint density at radius 2 is 2.26 bits per heavy atom. The Morgan fingerprint density at radius 1 is 1.44 bits per heavy atom. The molecule has 3 aromatic rings. The molecule has 4 rings (SSSR count). The Balaban J connectivity index is 1.43. The van der Waals surface area contributed by atoms with Gasteiger partial charge in [0.25, 0.3) is 5.91 Å². The van der Waals surface area contributed by atoms with E-state index in [2.05, 4.69) is 20.7 Å². The van der Waals surface area contributed by atoms with Crippen molar-refractivity contribution in [1.82, 2.24) is 25.2 Å². The van der Waals surface area contributed by atoms with E-state index in [1.54, 1.807) is 11.8 Å². The zero-order valence-electron chi connectivity index (χ0n) is 14.8. The average molecular weight is 402 g/mol. The van der Waals surface area contributed by atoms with Crippen LogP contribution in [0.1, 0.15) is 46.5 Å². The van der Waals surface area contributed by atoms with Crippen molar-refractivity contribution in [1.29, 1.82) is 0 Å². The summed E-state index contributed by atoms with van der Waals surface area (Å²) in [6.45, 7) is 2.22. The van der Waals surface area contributed by atoms with Crippen molar-refractivity contribution in [2.75, 3.05) is 0 Å². The molecule has 9 heteroatoms. The number of H-pyrrole nitrogens is 1. The number of amides is 1. The molecule has 1 amide bonds. The molecular weight excluding hydrogens is 382 g/mol. The van der Waals surface area contributed by atoms with Crippen LogP contribution in [-0.2, 0) is 12.3 Å². The zero-order chi connectivity index (χ0) is 18.8. The molecular formula is C18H19N5O2S2. The minimum atomic E-state index is -0.136. The van der Waals surface area contributed by atoms with Crippen LogP contribution < -0.4 is 5.32 Å². The monoisotopic (exact) mass is 401 g/mol. The highest BCUT2D eigenvalue weighted by molar-refractivity contribution is 7.98. The SMILES string of the molecule is Cc1cc(CSc2ccccc2C(=O)NCc2n[nH]c(=S)n2C2CC2)on1. The number of hydrogen-bond donors (Lipinski definition) is 2. The number of hydrogen-bond acceptors (Lipinski definition) is 6. The van der Waals surface area contributed by atoms with Gasteiger partial charge in [0.2, 0.25) is 0 Å². The third-order valence-electron chi connectivity index (χ3n) is 4.27. The van der Waals surface area contributed by atoms with E-state index in [0.29, 0.717) is 28.7 Å². The number of carbonyl (C=O) groups excluding carboxylic acids is 1. The fourth-order valence-electron chi connectivity index (χ4n) is 2.84. The molecule has 27 heavy (non-hydrogen) atoms. The van der Waals surface area contributed by atoms with Crippen LogP contribution in [0.5, 0.6) is 0 Å². The summed E-state index contributed by atoms with van der Waals surface area (Å²) >= 11 is 6.83. The largest absolute Gasteiger partial charge is 0.360 e. The van der Waals surface area contributed by atoms with Gasteiger partial charge in [0, 0.05) is 17.0 Å². The highest BCUT2D eigenvalue weighted by Gasteiger charge is 2.27. The van der Waals surface area contributed by atoms with Gasteiger partial charge in [-0.25, -0.2) is 0 Å². The molecule has 0 radical (unpaired) electrons. The van der Waals surface area contributed by atoms with Crippen molar-refractivity contribution < 1.29 is 9.32 Å². The van der Waals surface area contributed by atoms with Crippen LogP contribution in [0.2, 0.25) is 0 Å². The first-order chi connectivity index (χ1) is 13.1. The molecule has 1 saturated carbocycles. The number of thioether (sulfide) groups is 1. The standard InChI is InChI=1S/C18H19N5O2S2/c1-11-8-13(25-22-11)10-27-15-5-3-2-4-14(15)17(24)19-9-16-20-21-18(26)23(16)12-6-7-12/h2-5,8,12H,6-7,9-10H2,1H3,(H,19,24)(H,21,26). The van der Waals surface area contributed by atoms with Crippen molar-refractivity contribution in [3.05, 3.63) is 57.9 Å². The van der Waals surface area contributed by atoms with Crippen LogP contribution in [0.4, 0.5) is 0 Å². The first kappa shape index (κ1) is 18.0. The Labute approximate surface area is 165 Å². The maximum atomic E-state index is 12.7. The minimum Gasteiger partial charge on any atom is -0.360 e. The summed E-state index contributed by atoms with van der Waals surface area (Å²) in [4.78, 5) is 13.6. The molecule has 1 aliphatic carbocycles. The smallest absolute Gasteiger partial charge is 0.252 e. The summed E-state index contributed by atoms with van der Waals surface area (Å²) in [5.74, 6) is 2.03. The van der Waals surface area contributed by atoms with Crippen LogP contribution in [0.3, 0.4) is 0 Å². The second kappa shape index (κ2) is 7.69. The van der Waals surface area contributed by atoms with Crippen molar-refractivity contribution in [2.24, 2.45) is 0 Å². The number of aromatic nitrogens is 4. The summed E-state index contributed by atoms with van der Waals surface area (Å²) in [6.07, 6.45) is 2.21. The van der Waals surface area contributed by atoms with Gasteiger partial charge in [-0.05, 0) is 44.1 Å². The van der Waals surface area contributed by atoms with Crippen LogP contribution in [-0.4, -0.2) is 25.8 Å². The van der Waals surface area contributed by atoms with Gasteiger partial charge in [0.1, 0.15) is 5.76 Å². The lowest BCUT2D eigenvalue weighted by Gasteiger charge is -2.10. The Bertz CT molecular complexity index is 1020. The predicted molar refractivity (Wildman–Crippen MR) is 104 cm³/mol. The lowest BCUT2D eigenvalue weighted by atomic mass is 10.2.